The molecule has 1 amide bonds. The van der Waals surface area contributed by atoms with E-state index in [0.717, 1.165) is 29.0 Å². The summed E-state index contributed by atoms with van der Waals surface area (Å²) in [7, 11) is 0. The maximum Gasteiger partial charge on any atom is 0.416 e. The number of aromatic nitrogens is 2. The quantitative estimate of drug-likeness (QED) is 0.794. The van der Waals surface area contributed by atoms with Gasteiger partial charge in [0.25, 0.3) is 5.91 Å². The van der Waals surface area contributed by atoms with E-state index in [0.29, 0.717) is 4.70 Å². The lowest BCUT2D eigenvalue weighted by atomic mass is 10.2. The standard InChI is InChI=1S/C15H10F3N3OS/c16-15(17,18)10-3-4-12-11(6-10)21-14(23-12)13(22)20-8-9-2-1-5-19-7-9/h1-7H,8H2,(H,20,22). The molecule has 0 aliphatic rings. The fraction of sp³-hybridized carbons (Fsp3) is 0.133. The van der Waals surface area contributed by atoms with Gasteiger partial charge in [0.05, 0.1) is 15.8 Å². The first-order valence-electron chi connectivity index (χ1n) is 6.58. The lowest BCUT2D eigenvalue weighted by Crippen LogP contribution is -2.22. The fourth-order valence-corrected chi connectivity index (χ4v) is 2.82. The van der Waals surface area contributed by atoms with E-state index in [9.17, 15) is 18.0 Å². The third-order valence-corrected chi connectivity index (χ3v) is 4.12. The van der Waals surface area contributed by atoms with Gasteiger partial charge >= 0.3 is 6.18 Å². The predicted molar refractivity (Wildman–Crippen MR) is 80.0 cm³/mol. The van der Waals surface area contributed by atoms with Gasteiger partial charge in [-0.2, -0.15) is 13.2 Å². The SMILES string of the molecule is O=C(NCc1cccnc1)c1nc2cc(C(F)(F)F)ccc2s1. The number of hydrogen-bond acceptors (Lipinski definition) is 4. The minimum Gasteiger partial charge on any atom is -0.346 e. The molecule has 0 saturated heterocycles. The lowest BCUT2D eigenvalue weighted by Gasteiger charge is -2.04. The monoisotopic (exact) mass is 337 g/mol. The molecule has 118 valence electrons. The molecule has 0 spiro atoms. The van der Waals surface area contributed by atoms with Crippen molar-refractivity contribution in [2.75, 3.05) is 0 Å². The van der Waals surface area contributed by atoms with E-state index in [1.165, 1.54) is 6.07 Å². The topological polar surface area (TPSA) is 54.9 Å². The molecule has 1 N–H and O–H groups in total. The van der Waals surface area contributed by atoms with Gasteiger partial charge in [0, 0.05) is 18.9 Å². The van der Waals surface area contributed by atoms with E-state index >= 15 is 0 Å². The smallest absolute Gasteiger partial charge is 0.346 e. The third-order valence-electron chi connectivity index (χ3n) is 3.08. The molecule has 1 aromatic carbocycles. The van der Waals surface area contributed by atoms with Crippen molar-refractivity contribution in [1.29, 1.82) is 0 Å². The number of carbonyl (C=O) groups excluding carboxylic acids is 1. The first-order chi connectivity index (χ1) is 10.9. The van der Waals surface area contributed by atoms with E-state index < -0.39 is 17.6 Å². The van der Waals surface area contributed by atoms with Crippen molar-refractivity contribution in [2.24, 2.45) is 0 Å². The Labute approximate surface area is 133 Å². The van der Waals surface area contributed by atoms with Crippen LogP contribution >= 0.6 is 11.3 Å². The Bertz CT molecular complexity index is 846. The summed E-state index contributed by atoms with van der Waals surface area (Å²) in [4.78, 5) is 20.0. The maximum absolute atomic E-state index is 12.7. The van der Waals surface area contributed by atoms with Crippen molar-refractivity contribution in [2.45, 2.75) is 12.7 Å². The molecule has 23 heavy (non-hydrogen) atoms. The van der Waals surface area contributed by atoms with Crippen LogP contribution in [0.5, 0.6) is 0 Å². The summed E-state index contributed by atoms with van der Waals surface area (Å²) < 4.78 is 38.6. The highest BCUT2D eigenvalue weighted by Crippen LogP contribution is 2.32. The molecule has 0 unspecified atom stereocenters. The molecule has 3 rings (SSSR count). The Kier molecular flexibility index (Phi) is 3.99. The summed E-state index contributed by atoms with van der Waals surface area (Å²) in [6.07, 6.45) is -1.19. The number of halogens is 3. The summed E-state index contributed by atoms with van der Waals surface area (Å²) in [6, 6.07) is 6.81. The van der Waals surface area contributed by atoms with Crippen LogP contribution in [0, 0.1) is 0 Å². The van der Waals surface area contributed by atoms with E-state index in [1.54, 1.807) is 24.5 Å². The molecule has 0 radical (unpaired) electrons. The van der Waals surface area contributed by atoms with Crippen molar-refractivity contribution in [3.05, 3.63) is 58.9 Å². The molecule has 4 nitrogen and oxygen atoms in total. The Morgan fingerprint density at radius 2 is 2.09 bits per heavy atom. The summed E-state index contributed by atoms with van der Waals surface area (Å²) >= 11 is 1.05. The summed E-state index contributed by atoms with van der Waals surface area (Å²) in [6.45, 7) is 0.274. The largest absolute Gasteiger partial charge is 0.416 e. The molecule has 0 aliphatic carbocycles. The van der Waals surface area contributed by atoms with Crippen LogP contribution in [-0.4, -0.2) is 15.9 Å². The van der Waals surface area contributed by atoms with Gasteiger partial charge < -0.3 is 5.32 Å². The van der Waals surface area contributed by atoms with Gasteiger partial charge in [0.15, 0.2) is 5.01 Å². The van der Waals surface area contributed by atoms with Crippen molar-refractivity contribution >= 4 is 27.5 Å². The van der Waals surface area contributed by atoms with Crippen molar-refractivity contribution in [3.8, 4) is 0 Å². The minimum atomic E-state index is -4.43. The molecule has 2 aromatic heterocycles. The molecule has 0 fully saturated rings. The van der Waals surface area contributed by atoms with Crippen LogP contribution in [0.25, 0.3) is 10.2 Å². The van der Waals surface area contributed by atoms with Crippen molar-refractivity contribution in [1.82, 2.24) is 15.3 Å². The van der Waals surface area contributed by atoms with E-state index in [-0.39, 0.29) is 17.1 Å². The number of carbonyl (C=O) groups is 1. The molecular weight excluding hydrogens is 327 g/mol. The molecule has 0 bridgehead atoms. The number of pyridine rings is 1. The summed E-state index contributed by atoms with van der Waals surface area (Å²) in [5, 5.41) is 2.80. The van der Waals surface area contributed by atoms with Crippen LogP contribution in [0.15, 0.2) is 42.7 Å². The normalized spacial score (nSPS) is 11.6. The van der Waals surface area contributed by atoms with Crippen LogP contribution < -0.4 is 5.32 Å². The van der Waals surface area contributed by atoms with E-state index in [1.807, 2.05) is 0 Å². The minimum absolute atomic E-state index is 0.128. The number of nitrogens with one attached hydrogen (secondary N) is 1. The first-order valence-corrected chi connectivity index (χ1v) is 7.40. The molecule has 0 saturated carbocycles. The number of nitrogens with zero attached hydrogens (tertiary/aromatic N) is 2. The molecule has 2 heterocycles. The molecular formula is C15H10F3N3OS. The number of amides is 1. The zero-order valence-electron chi connectivity index (χ0n) is 11.6. The Morgan fingerprint density at radius 3 is 2.78 bits per heavy atom. The highest BCUT2D eigenvalue weighted by Gasteiger charge is 2.31. The van der Waals surface area contributed by atoms with Crippen molar-refractivity contribution < 1.29 is 18.0 Å². The summed E-state index contributed by atoms with van der Waals surface area (Å²) in [5.74, 6) is -0.427. The van der Waals surface area contributed by atoms with Gasteiger partial charge in [-0.15, -0.1) is 11.3 Å². The first kappa shape index (κ1) is 15.4. The highest BCUT2D eigenvalue weighted by atomic mass is 32.1. The Hall–Kier alpha value is -2.48. The Balaban J connectivity index is 1.78. The molecule has 0 atom stereocenters. The zero-order valence-corrected chi connectivity index (χ0v) is 12.4. The lowest BCUT2D eigenvalue weighted by molar-refractivity contribution is -0.137. The second kappa shape index (κ2) is 5.96. The number of thiazole rings is 1. The summed E-state index contributed by atoms with van der Waals surface area (Å²) in [5.41, 5.74) is 0.204. The van der Waals surface area contributed by atoms with E-state index in [2.05, 4.69) is 15.3 Å². The van der Waals surface area contributed by atoms with Gasteiger partial charge in [0.1, 0.15) is 0 Å². The second-order valence-electron chi connectivity index (χ2n) is 4.74. The number of alkyl halides is 3. The average Bonchev–Trinajstić information content (AvgIpc) is 2.96. The number of hydrogen-bond donors (Lipinski definition) is 1. The Morgan fingerprint density at radius 1 is 1.26 bits per heavy atom. The van der Waals surface area contributed by atoms with Gasteiger partial charge in [-0.1, -0.05) is 6.07 Å². The molecule has 0 aliphatic heterocycles. The van der Waals surface area contributed by atoms with Crippen LogP contribution in [0.4, 0.5) is 13.2 Å². The predicted octanol–water partition coefficient (Wildman–Crippen LogP) is 3.64. The second-order valence-corrected chi connectivity index (χ2v) is 5.77. The van der Waals surface area contributed by atoms with E-state index in [4.69, 9.17) is 0 Å². The zero-order chi connectivity index (χ0) is 16.4. The van der Waals surface area contributed by atoms with Crippen LogP contribution in [0.1, 0.15) is 20.9 Å². The number of benzene rings is 1. The van der Waals surface area contributed by atoms with Crippen LogP contribution in [-0.2, 0) is 12.7 Å². The van der Waals surface area contributed by atoms with Gasteiger partial charge in [0.2, 0.25) is 0 Å². The van der Waals surface area contributed by atoms with Gasteiger partial charge in [-0.05, 0) is 29.8 Å². The van der Waals surface area contributed by atoms with Crippen LogP contribution in [0.2, 0.25) is 0 Å². The molecule has 8 heteroatoms. The maximum atomic E-state index is 12.7. The van der Waals surface area contributed by atoms with Gasteiger partial charge in [-0.25, -0.2) is 4.98 Å². The van der Waals surface area contributed by atoms with Crippen LogP contribution in [0.3, 0.4) is 0 Å². The average molecular weight is 337 g/mol. The van der Waals surface area contributed by atoms with Crippen molar-refractivity contribution in [3.63, 3.8) is 0 Å². The van der Waals surface area contributed by atoms with Gasteiger partial charge in [-0.3, -0.25) is 9.78 Å². The fourth-order valence-electron chi connectivity index (χ4n) is 1.96. The number of fused-ring (bicyclic) bond motifs is 1. The molecule has 3 aromatic rings. The number of rotatable bonds is 3. The highest BCUT2D eigenvalue weighted by molar-refractivity contribution is 7.20. The third kappa shape index (κ3) is 3.48.